The number of carbonyl (C=O) groups is 1. The van der Waals surface area contributed by atoms with Crippen molar-refractivity contribution in [3.63, 3.8) is 0 Å². The van der Waals surface area contributed by atoms with E-state index in [0.29, 0.717) is 6.92 Å². The molecule has 0 N–H and O–H groups in total. The molecule has 0 bridgehead atoms. The van der Waals surface area contributed by atoms with E-state index in [2.05, 4.69) is 4.74 Å². The zero-order valence-electron chi connectivity index (χ0n) is 10.9. The van der Waals surface area contributed by atoms with Crippen molar-refractivity contribution in [3.8, 4) is 0 Å². The van der Waals surface area contributed by atoms with Gasteiger partial charge in [0.2, 0.25) is 0 Å². The van der Waals surface area contributed by atoms with Crippen molar-refractivity contribution in [1.29, 1.82) is 0 Å². The number of ether oxygens (including phenoxy) is 1. The highest BCUT2D eigenvalue weighted by Gasteiger charge is 2.61. The quantitative estimate of drug-likeness (QED) is 0.408. The Bertz CT molecular complexity index is 575. The molecular weight excluding hydrogens is 315 g/mol. The smallest absolute Gasteiger partial charge is 0.334 e. The van der Waals surface area contributed by atoms with Gasteiger partial charge in [-0.3, -0.25) is 0 Å². The van der Waals surface area contributed by atoms with E-state index in [1.165, 1.54) is 6.08 Å². The average molecular weight is 328 g/mol. The Morgan fingerprint density at radius 3 is 2.24 bits per heavy atom. The monoisotopic (exact) mass is 328 g/mol. The molecule has 1 rings (SSSR count). The molecule has 8 heteroatoms. The van der Waals surface area contributed by atoms with Crippen molar-refractivity contribution in [2.45, 2.75) is 6.92 Å². The lowest BCUT2D eigenvalue weighted by Crippen LogP contribution is -2.09. The van der Waals surface area contributed by atoms with Gasteiger partial charge < -0.3 is 4.74 Å². The first-order valence-corrected chi connectivity index (χ1v) is 7.70. The maximum absolute atomic E-state index is 12.1. The van der Waals surface area contributed by atoms with Crippen LogP contribution in [0.4, 0.5) is 19.4 Å². The molecule has 0 amide bonds. The van der Waals surface area contributed by atoms with Gasteiger partial charge in [0.05, 0.1) is 5.41 Å². The standard InChI is InChI=1S/C13H13F5O2S/c1-11(10-21(14,15,16,17)18)13(19)20-9-5-8-12-6-3-2-4-7-12/h2-8,10H,9H2,1H3/b8-5+,11-10+. The number of hydrogen-bond donors (Lipinski definition) is 0. The fraction of sp³-hybridized carbons (Fsp3) is 0.154. The number of halogens is 5. The molecule has 0 aromatic heterocycles. The normalized spacial score (nSPS) is 16.4. The van der Waals surface area contributed by atoms with Crippen LogP contribution in [0.3, 0.4) is 0 Å². The van der Waals surface area contributed by atoms with Gasteiger partial charge >= 0.3 is 16.2 Å². The lowest BCUT2D eigenvalue weighted by Gasteiger charge is -2.37. The first kappa shape index (κ1) is 17.2. The van der Waals surface area contributed by atoms with Crippen molar-refractivity contribution in [2.75, 3.05) is 6.61 Å². The van der Waals surface area contributed by atoms with Crippen LogP contribution >= 0.6 is 10.2 Å². The van der Waals surface area contributed by atoms with E-state index in [0.717, 1.165) is 5.56 Å². The van der Waals surface area contributed by atoms with Gasteiger partial charge in [0.15, 0.2) is 0 Å². The molecule has 0 aliphatic carbocycles. The fourth-order valence-corrected chi connectivity index (χ4v) is 2.13. The molecule has 21 heavy (non-hydrogen) atoms. The van der Waals surface area contributed by atoms with Crippen molar-refractivity contribution in [3.05, 3.63) is 53.0 Å². The van der Waals surface area contributed by atoms with Crippen LogP contribution in [-0.2, 0) is 9.53 Å². The molecular formula is C13H13F5O2S. The third-order valence-corrected chi connectivity index (χ3v) is 2.94. The van der Waals surface area contributed by atoms with Crippen LogP contribution in [0.25, 0.3) is 6.08 Å². The molecule has 0 saturated heterocycles. The van der Waals surface area contributed by atoms with E-state index in [1.54, 1.807) is 36.4 Å². The van der Waals surface area contributed by atoms with Gasteiger partial charge in [-0.2, -0.15) is 0 Å². The molecule has 0 unspecified atom stereocenters. The Morgan fingerprint density at radius 1 is 1.14 bits per heavy atom. The molecule has 1 aromatic rings. The molecule has 0 saturated carbocycles. The highest BCUT2D eigenvalue weighted by Crippen LogP contribution is 2.99. The summed E-state index contributed by atoms with van der Waals surface area (Å²) in [5.41, 5.74) is -0.393. The third kappa shape index (κ3) is 8.13. The number of rotatable bonds is 5. The van der Waals surface area contributed by atoms with Crippen LogP contribution in [0.15, 0.2) is 47.4 Å². The molecule has 0 heterocycles. The summed E-state index contributed by atoms with van der Waals surface area (Å²) in [6, 6.07) is 8.86. The van der Waals surface area contributed by atoms with Crippen LogP contribution in [0.1, 0.15) is 12.5 Å². The summed E-state index contributed by atoms with van der Waals surface area (Å²) in [5.74, 6) is -1.44. The van der Waals surface area contributed by atoms with E-state index >= 15 is 0 Å². The minimum atomic E-state index is -9.76. The van der Waals surface area contributed by atoms with Gasteiger partial charge in [-0.15, -0.1) is 0 Å². The number of hydrogen-bond acceptors (Lipinski definition) is 2. The lowest BCUT2D eigenvalue weighted by atomic mass is 10.2. The Morgan fingerprint density at radius 2 is 1.71 bits per heavy atom. The van der Waals surface area contributed by atoms with Gasteiger partial charge in [-0.05, 0) is 18.6 Å². The second-order valence-corrected chi connectivity index (χ2v) is 6.53. The maximum Gasteiger partial charge on any atom is 0.334 e. The van der Waals surface area contributed by atoms with Crippen LogP contribution < -0.4 is 0 Å². The van der Waals surface area contributed by atoms with E-state index in [4.69, 9.17) is 0 Å². The van der Waals surface area contributed by atoms with Crippen molar-refractivity contribution in [2.24, 2.45) is 0 Å². The second-order valence-electron chi connectivity index (χ2n) is 4.24. The summed E-state index contributed by atoms with van der Waals surface area (Å²) < 4.78 is 65.1. The molecule has 2 nitrogen and oxygen atoms in total. The van der Waals surface area contributed by atoms with E-state index in [1.807, 2.05) is 0 Å². The minimum absolute atomic E-state index is 0.320. The number of benzene rings is 1. The van der Waals surface area contributed by atoms with Crippen LogP contribution in [0.2, 0.25) is 0 Å². The summed E-state index contributed by atoms with van der Waals surface area (Å²) in [7, 11) is -9.76. The van der Waals surface area contributed by atoms with Gasteiger partial charge in [0.1, 0.15) is 6.61 Å². The van der Waals surface area contributed by atoms with Gasteiger partial charge in [0, 0.05) is 5.57 Å². The van der Waals surface area contributed by atoms with E-state index in [9.17, 15) is 24.2 Å². The summed E-state index contributed by atoms with van der Waals surface area (Å²) in [6.07, 6.45) is 2.97. The second kappa shape index (κ2) is 5.18. The van der Waals surface area contributed by atoms with Crippen LogP contribution in [0.5, 0.6) is 0 Å². The predicted octanol–water partition coefficient (Wildman–Crippen LogP) is 5.45. The largest absolute Gasteiger partial charge is 0.458 e. The molecule has 0 aliphatic heterocycles. The highest BCUT2D eigenvalue weighted by molar-refractivity contribution is 8.48. The Balaban J connectivity index is 2.60. The van der Waals surface area contributed by atoms with Gasteiger partial charge in [-0.1, -0.05) is 55.8 Å². The fourth-order valence-electron chi connectivity index (χ4n) is 1.37. The number of esters is 1. The Hall–Kier alpha value is -1.83. The molecule has 0 radical (unpaired) electrons. The Labute approximate surface area is 118 Å². The van der Waals surface area contributed by atoms with E-state index < -0.39 is 27.2 Å². The SMILES string of the molecule is C/C(=C\S(F)(F)(F)(F)F)C(=O)OC/C=C/c1ccccc1. The van der Waals surface area contributed by atoms with Crippen molar-refractivity contribution >= 4 is 22.3 Å². The van der Waals surface area contributed by atoms with Gasteiger partial charge in [0.25, 0.3) is 0 Å². The zero-order chi connectivity index (χ0) is 16.2. The number of carbonyl (C=O) groups excluding carboxylic acids is 1. The molecule has 1 aromatic carbocycles. The molecule has 0 atom stereocenters. The molecule has 0 spiro atoms. The van der Waals surface area contributed by atoms with Crippen molar-refractivity contribution in [1.82, 2.24) is 0 Å². The highest BCUT2D eigenvalue weighted by atomic mass is 32.5. The van der Waals surface area contributed by atoms with Gasteiger partial charge in [-0.25, -0.2) is 4.79 Å². The van der Waals surface area contributed by atoms with Crippen LogP contribution in [-0.4, -0.2) is 12.6 Å². The first-order chi connectivity index (χ1) is 9.36. The molecule has 0 aliphatic rings. The maximum atomic E-state index is 12.1. The first-order valence-electron chi connectivity index (χ1n) is 5.68. The van der Waals surface area contributed by atoms with E-state index in [-0.39, 0.29) is 6.61 Å². The third-order valence-electron chi connectivity index (χ3n) is 2.14. The van der Waals surface area contributed by atoms with Crippen molar-refractivity contribution < 1.29 is 29.0 Å². The zero-order valence-corrected chi connectivity index (χ0v) is 11.8. The minimum Gasteiger partial charge on any atom is -0.458 e. The average Bonchev–Trinajstić information content (AvgIpc) is 2.31. The Kier molecular flexibility index (Phi) is 4.24. The lowest BCUT2D eigenvalue weighted by molar-refractivity contribution is -0.137. The van der Waals surface area contributed by atoms with Crippen LogP contribution in [0, 0.1) is 0 Å². The summed E-state index contributed by atoms with van der Waals surface area (Å²) in [4.78, 5) is 11.2. The molecule has 118 valence electrons. The predicted molar refractivity (Wildman–Crippen MR) is 73.3 cm³/mol. The summed E-state index contributed by atoms with van der Waals surface area (Å²) >= 11 is 0. The molecule has 0 fully saturated rings. The topological polar surface area (TPSA) is 26.3 Å². The summed E-state index contributed by atoms with van der Waals surface area (Å²) in [5, 5.41) is -1.25. The summed E-state index contributed by atoms with van der Waals surface area (Å²) in [6.45, 7) is 0.306.